The van der Waals surface area contributed by atoms with Crippen LogP contribution >= 0.6 is 11.8 Å². The van der Waals surface area contributed by atoms with Gasteiger partial charge < -0.3 is 8.94 Å². The monoisotopic (exact) mass is 399 g/mol. The average molecular weight is 399 g/mol. The minimum Gasteiger partial charge on any atom is -0.467 e. The van der Waals surface area contributed by atoms with Crippen LogP contribution in [0.25, 0.3) is 11.5 Å². The van der Waals surface area contributed by atoms with Crippen molar-refractivity contribution in [2.75, 3.05) is 0 Å². The van der Waals surface area contributed by atoms with Gasteiger partial charge >= 0.3 is 0 Å². The van der Waals surface area contributed by atoms with Gasteiger partial charge in [-0.25, -0.2) is 4.39 Å². The van der Waals surface area contributed by atoms with Crippen LogP contribution in [0, 0.1) is 5.82 Å². The highest BCUT2D eigenvalue weighted by atomic mass is 32.2. The van der Waals surface area contributed by atoms with Gasteiger partial charge in [-0.05, 0) is 36.4 Å². The molecule has 4 aromatic rings. The minimum absolute atomic E-state index is 0.229. The van der Waals surface area contributed by atoms with Gasteiger partial charge in [-0.1, -0.05) is 30.8 Å². The Bertz CT molecular complexity index is 1040. The maximum absolute atomic E-state index is 13.1. The normalized spacial score (nSPS) is 11.4. The van der Waals surface area contributed by atoms with E-state index in [-0.39, 0.29) is 11.7 Å². The Morgan fingerprint density at radius 1 is 1.14 bits per heavy atom. The summed E-state index contributed by atoms with van der Waals surface area (Å²) >= 11 is 1.47. The topological polar surface area (TPSA) is 82.8 Å². The molecular weight excluding hydrogens is 381 g/mol. The fraction of sp³-hybridized carbons (Fsp3) is 0.263. The van der Waals surface area contributed by atoms with Gasteiger partial charge in [0.25, 0.3) is 5.89 Å². The number of benzene rings is 1. The molecule has 28 heavy (non-hydrogen) atoms. The summed E-state index contributed by atoms with van der Waals surface area (Å²) in [4.78, 5) is 4.38. The number of halogens is 1. The highest BCUT2D eigenvalue weighted by Crippen LogP contribution is 2.26. The molecule has 0 fully saturated rings. The van der Waals surface area contributed by atoms with E-state index in [0.717, 1.165) is 16.7 Å². The predicted octanol–water partition coefficient (Wildman–Crippen LogP) is 4.52. The van der Waals surface area contributed by atoms with E-state index in [2.05, 4.69) is 34.2 Å². The number of thioether (sulfide) groups is 1. The largest absolute Gasteiger partial charge is 0.467 e. The molecule has 144 valence electrons. The molecule has 0 aliphatic carbocycles. The van der Waals surface area contributed by atoms with Crippen LogP contribution in [0.5, 0.6) is 0 Å². The van der Waals surface area contributed by atoms with Crippen molar-refractivity contribution < 1.29 is 13.3 Å². The molecule has 0 atom stereocenters. The fourth-order valence-corrected chi connectivity index (χ4v) is 3.48. The predicted molar refractivity (Wildman–Crippen MR) is 101 cm³/mol. The number of aromatic nitrogens is 5. The van der Waals surface area contributed by atoms with E-state index in [1.807, 2.05) is 16.7 Å². The third kappa shape index (κ3) is 3.99. The van der Waals surface area contributed by atoms with Crippen LogP contribution in [0.15, 0.2) is 56.8 Å². The van der Waals surface area contributed by atoms with E-state index < -0.39 is 0 Å². The molecule has 0 spiro atoms. The van der Waals surface area contributed by atoms with Crippen LogP contribution in [0.4, 0.5) is 4.39 Å². The van der Waals surface area contributed by atoms with E-state index in [4.69, 9.17) is 8.94 Å². The maximum atomic E-state index is 13.1. The molecule has 0 saturated heterocycles. The number of hydrogen-bond donors (Lipinski definition) is 0. The Morgan fingerprint density at radius 3 is 2.68 bits per heavy atom. The van der Waals surface area contributed by atoms with Crippen molar-refractivity contribution in [3.05, 3.63) is 65.9 Å². The van der Waals surface area contributed by atoms with Gasteiger partial charge in [0.15, 0.2) is 11.0 Å². The molecule has 0 aliphatic heterocycles. The first-order chi connectivity index (χ1) is 13.6. The Morgan fingerprint density at radius 2 is 1.96 bits per heavy atom. The molecule has 0 unspecified atom stereocenters. The molecule has 4 rings (SSSR count). The van der Waals surface area contributed by atoms with Crippen molar-refractivity contribution in [2.45, 2.75) is 37.2 Å². The van der Waals surface area contributed by atoms with Crippen molar-refractivity contribution in [3.63, 3.8) is 0 Å². The average Bonchev–Trinajstić information content (AvgIpc) is 3.42. The molecule has 0 saturated carbocycles. The third-order valence-corrected chi connectivity index (χ3v) is 5.01. The van der Waals surface area contributed by atoms with E-state index in [1.165, 1.54) is 23.9 Å². The Hall–Kier alpha value is -2.94. The van der Waals surface area contributed by atoms with Gasteiger partial charge in [0.1, 0.15) is 17.4 Å². The summed E-state index contributed by atoms with van der Waals surface area (Å²) in [6.07, 6.45) is 1.65. The van der Waals surface area contributed by atoms with E-state index in [0.29, 0.717) is 29.6 Å². The fourth-order valence-electron chi connectivity index (χ4n) is 2.69. The Labute approximate surface area is 165 Å². The molecule has 0 aliphatic rings. The summed E-state index contributed by atoms with van der Waals surface area (Å²) in [5.74, 6) is 3.00. The molecule has 3 aromatic heterocycles. The zero-order valence-electron chi connectivity index (χ0n) is 15.4. The third-order valence-electron chi connectivity index (χ3n) is 4.05. The maximum Gasteiger partial charge on any atom is 0.257 e. The van der Waals surface area contributed by atoms with Crippen LogP contribution in [0.1, 0.15) is 37.2 Å². The number of hydrogen-bond acceptors (Lipinski definition) is 7. The van der Waals surface area contributed by atoms with Crippen molar-refractivity contribution in [3.8, 4) is 11.5 Å². The van der Waals surface area contributed by atoms with E-state index in [1.54, 1.807) is 18.4 Å². The van der Waals surface area contributed by atoms with E-state index in [9.17, 15) is 4.39 Å². The van der Waals surface area contributed by atoms with Crippen molar-refractivity contribution in [1.82, 2.24) is 24.9 Å². The van der Waals surface area contributed by atoms with Gasteiger partial charge in [0.05, 0.1) is 18.6 Å². The molecule has 1 aromatic carbocycles. The lowest BCUT2D eigenvalue weighted by molar-refractivity contribution is 0.425. The van der Waals surface area contributed by atoms with Gasteiger partial charge in [-0.3, -0.25) is 4.57 Å². The Kier molecular flexibility index (Phi) is 5.25. The summed E-state index contributed by atoms with van der Waals surface area (Å²) in [5, 5.41) is 13.4. The smallest absolute Gasteiger partial charge is 0.257 e. The Balaban J connectivity index is 1.50. The molecule has 0 N–H and O–H groups in total. The highest BCUT2D eigenvalue weighted by Gasteiger charge is 2.18. The van der Waals surface area contributed by atoms with Gasteiger partial charge in [0, 0.05) is 11.5 Å². The molecule has 0 amide bonds. The summed E-state index contributed by atoms with van der Waals surface area (Å²) in [7, 11) is 0. The van der Waals surface area contributed by atoms with E-state index >= 15 is 0 Å². The first kappa shape index (κ1) is 18.4. The second kappa shape index (κ2) is 7.97. The van der Waals surface area contributed by atoms with Crippen molar-refractivity contribution >= 4 is 11.8 Å². The molecule has 9 heteroatoms. The first-order valence-electron chi connectivity index (χ1n) is 8.77. The summed E-state index contributed by atoms with van der Waals surface area (Å²) in [5.41, 5.74) is 0.674. The minimum atomic E-state index is -0.309. The lowest BCUT2D eigenvalue weighted by Crippen LogP contribution is -2.07. The zero-order chi connectivity index (χ0) is 19.5. The molecule has 0 bridgehead atoms. The van der Waals surface area contributed by atoms with Gasteiger partial charge in [-0.15, -0.1) is 10.2 Å². The quantitative estimate of drug-likeness (QED) is 0.422. The molecule has 3 heterocycles. The molecule has 7 nitrogen and oxygen atoms in total. The van der Waals surface area contributed by atoms with Crippen LogP contribution in [-0.2, 0) is 12.3 Å². The standard InChI is InChI=1S/C19H18FN5O2S/c1-12(2)17-22-23-19(25(17)10-15-4-3-9-26-15)28-11-16-21-18(27-24-16)13-5-7-14(20)8-6-13/h3-9,12H,10-11H2,1-2H3. The van der Waals surface area contributed by atoms with Crippen LogP contribution in [0.2, 0.25) is 0 Å². The second-order valence-corrected chi connectivity index (χ2v) is 7.41. The number of rotatable bonds is 7. The second-order valence-electron chi connectivity index (χ2n) is 6.47. The molecule has 0 radical (unpaired) electrons. The highest BCUT2D eigenvalue weighted by molar-refractivity contribution is 7.98. The number of nitrogens with zero attached hydrogens (tertiary/aromatic N) is 5. The lowest BCUT2D eigenvalue weighted by Gasteiger charge is -2.10. The van der Waals surface area contributed by atoms with Crippen molar-refractivity contribution in [1.29, 1.82) is 0 Å². The summed E-state index contributed by atoms with van der Waals surface area (Å²) < 4.78 is 25.8. The summed E-state index contributed by atoms with van der Waals surface area (Å²) in [6, 6.07) is 9.71. The summed E-state index contributed by atoms with van der Waals surface area (Å²) in [6.45, 7) is 4.71. The van der Waals surface area contributed by atoms with Crippen LogP contribution in [-0.4, -0.2) is 24.9 Å². The lowest BCUT2D eigenvalue weighted by atomic mass is 10.2. The zero-order valence-corrected chi connectivity index (χ0v) is 16.2. The van der Waals surface area contributed by atoms with Crippen LogP contribution < -0.4 is 0 Å². The number of furan rings is 1. The van der Waals surface area contributed by atoms with Gasteiger partial charge in [0.2, 0.25) is 0 Å². The molecular formula is C19H18FN5O2S. The van der Waals surface area contributed by atoms with Gasteiger partial charge in [-0.2, -0.15) is 4.98 Å². The first-order valence-corrected chi connectivity index (χ1v) is 9.75. The van der Waals surface area contributed by atoms with Crippen LogP contribution in [0.3, 0.4) is 0 Å². The SMILES string of the molecule is CC(C)c1nnc(SCc2noc(-c3ccc(F)cc3)n2)n1Cc1ccco1. The van der Waals surface area contributed by atoms with Crippen molar-refractivity contribution in [2.24, 2.45) is 0 Å².